The van der Waals surface area contributed by atoms with Crippen LogP contribution in [-0.4, -0.2) is 47.2 Å². The maximum atomic E-state index is 13.7. The van der Waals surface area contributed by atoms with Crippen molar-refractivity contribution in [2.24, 2.45) is 12.2 Å². The number of fused-ring (bicyclic) bond motifs is 1. The number of anilines is 1. The first kappa shape index (κ1) is 26.9. The third-order valence-corrected chi connectivity index (χ3v) is 9.58. The van der Waals surface area contributed by atoms with Crippen LogP contribution in [-0.2, 0) is 17.1 Å². The molecule has 3 aromatic rings. The molecule has 9 nitrogen and oxygen atoms in total. The summed E-state index contributed by atoms with van der Waals surface area (Å²) in [5.41, 5.74) is 5.04. The van der Waals surface area contributed by atoms with Gasteiger partial charge in [-0.25, -0.2) is 18.4 Å². The van der Waals surface area contributed by atoms with Gasteiger partial charge in [0.2, 0.25) is 10.0 Å². The average molecular weight is 541 g/mol. The molecule has 11 heteroatoms. The zero-order valence-electron chi connectivity index (χ0n) is 21.7. The lowest BCUT2D eigenvalue weighted by molar-refractivity contribution is 0.212. The topological polar surface area (TPSA) is 114 Å². The molecule has 1 saturated heterocycles. The minimum absolute atomic E-state index is 0.0710. The minimum Gasteiger partial charge on any atom is -0.294 e. The Morgan fingerprint density at radius 3 is 2.43 bits per heavy atom. The van der Waals surface area contributed by atoms with E-state index in [1.54, 1.807) is 29.8 Å². The molecule has 2 aromatic heterocycles. The van der Waals surface area contributed by atoms with E-state index in [0.717, 1.165) is 51.6 Å². The van der Waals surface area contributed by atoms with Gasteiger partial charge in [0, 0.05) is 43.0 Å². The van der Waals surface area contributed by atoms with Crippen molar-refractivity contribution >= 4 is 44.4 Å². The summed E-state index contributed by atoms with van der Waals surface area (Å²) in [7, 11) is -2.03. The van der Waals surface area contributed by atoms with Crippen molar-refractivity contribution in [3.05, 3.63) is 63.1 Å². The number of allylic oxidation sites excluding steroid dienone is 2. The second-order valence-corrected chi connectivity index (χ2v) is 12.0. The molecule has 0 saturated carbocycles. The molecule has 0 bridgehead atoms. The highest BCUT2D eigenvalue weighted by Crippen LogP contribution is 2.38. The van der Waals surface area contributed by atoms with Crippen molar-refractivity contribution in [2.45, 2.75) is 40.5 Å². The van der Waals surface area contributed by atoms with Gasteiger partial charge in [0.1, 0.15) is 4.24 Å². The molecule has 1 aliphatic rings. The predicted molar refractivity (Wildman–Crippen MR) is 150 cm³/mol. The van der Waals surface area contributed by atoms with Gasteiger partial charge < -0.3 is 0 Å². The van der Waals surface area contributed by atoms with Crippen LogP contribution in [0.2, 0.25) is 0 Å². The van der Waals surface area contributed by atoms with Gasteiger partial charge in [-0.15, -0.1) is 0 Å². The van der Waals surface area contributed by atoms with Crippen LogP contribution in [0.4, 0.5) is 10.5 Å². The lowest BCUT2D eigenvalue weighted by Crippen LogP contribution is -2.48. The number of primary sulfonamides is 1. The number of aryl methyl sites for hydroxylation is 1. The summed E-state index contributed by atoms with van der Waals surface area (Å²) in [6, 6.07) is 9.50. The lowest BCUT2D eigenvalue weighted by Gasteiger charge is -2.37. The fraction of sp³-hybridized carbons (Fsp3) is 0.346. The standard InChI is InChI=1S/C26H32N6O3S2/c1-6-18(4)24(36-25(17(2)3)37(27,34)35)32-15-7-14-31(26(32)33)20-10-8-19(9-11-20)23-21-16-29-30(5)22(21)12-13-28-23/h8-13,16H,6-7,14-15H2,1-5H3,(H2,27,34,35)/b24-18+. The molecular weight excluding hydrogens is 508 g/mol. The summed E-state index contributed by atoms with van der Waals surface area (Å²) in [6.07, 6.45) is 4.99. The van der Waals surface area contributed by atoms with E-state index in [-0.39, 0.29) is 10.3 Å². The number of pyridine rings is 1. The zero-order valence-corrected chi connectivity index (χ0v) is 23.4. The van der Waals surface area contributed by atoms with Gasteiger partial charge in [-0.3, -0.25) is 19.5 Å². The highest BCUT2D eigenvalue weighted by molar-refractivity contribution is 8.20. The van der Waals surface area contributed by atoms with Crippen molar-refractivity contribution in [1.29, 1.82) is 0 Å². The Morgan fingerprint density at radius 1 is 1.11 bits per heavy atom. The smallest absolute Gasteiger partial charge is 0.294 e. The highest BCUT2D eigenvalue weighted by atomic mass is 32.3. The third kappa shape index (κ3) is 5.43. The Bertz CT molecular complexity index is 1500. The predicted octanol–water partition coefficient (Wildman–Crippen LogP) is 5.18. The van der Waals surface area contributed by atoms with Crippen molar-refractivity contribution in [1.82, 2.24) is 19.7 Å². The zero-order chi connectivity index (χ0) is 26.9. The maximum Gasteiger partial charge on any atom is 0.329 e. The van der Waals surface area contributed by atoms with Gasteiger partial charge in [-0.05, 0) is 63.0 Å². The van der Waals surface area contributed by atoms with E-state index < -0.39 is 10.0 Å². The molecule has 0 atom stereocenters. The number of carbonyl (C=O) groups excluding carboxylic acids is 1. The fourth-order valence-electron chi connectivity index (χ4n) is 4.32. The van der Waals surface area contributed by atoms with Crippen LogP contribution in [0.3, 0.4) is 0 Å². The van der Waals surface area contributed by atoms with Crippen LogP contribution in [0, 0.1) is 0 Å². The van der Waals surface area contributed by atoms with Crippen molar-refractivity contribution in [3.63, 3.8) is 0 Å². The van der Waals surface area contributed by atoms with E-state index in [1.807, 2.05) is 62.1 Å². The molecule has 4 rings (SSSR count). The Morgan fingerprint density at radius 2 is 1.81 bits per heavy atom. The number of benzene rings is 1. The van der Waals surface area contributed by atoms with Crippen LogP contribution in [0.15, 0.2) is 63.1 Å². The molecule has 0 spiro atoms. The number of thioether (sulfide) groups is 1. The largest absolute Gasteiger partial charge is 0.329 e. The highest BCUT2D eigenvalue weighted by Gasteiger charge is 2.32. The molecule has 196 valence electrons. The Balaban J connectivity index is 1.64. The number of nitrogens with zero attached hydrogens (tertiary/aromatic N) is 5. The summed E-state index contributed by atoms with van der Waals surface area (Å²) in [5, 5.41) is 11.4. The van der Waals surface area contributed by atoms with Gasteiger partial charge in [0.25, 0.3) is 0 Å². The summed E-state index contributed by atoms with van der Waals surface area (Å²) >= 11 is 1.06. The van der Waals surface area contributed by atoms with Gasteiger partial charge in [-0.2, -0.15) is 5.10 Å². The van der Waals surface area contributed by atoms with Crippen LogP contribution in [0.25, 0.3) is 22.2 Å². The van der Waals surface area contributed by atoms with E-state index in [2.05, 4.69) is 10.1 Å². The van der Waals surface area contributed by atoms with E-state index in [1.165, 1.54) is 0 Å². The van der Waals surface area contributed by atoms with Gasteiger partial charge in [0.05, 0.1) is 22.4 Å². The maximum absolute atomic E-state index is 13.7. The molecule has 1 fully saturated rings. The first-order valence-electron chi connectivity index (χ1n) is 12.1. The van der Waals surface area contributed by atoms with E-state index in [4.69, 9.17) is 5.14 Å². The molecule has 1 aliphatic heterocycles. The normalized spacial score (nSPS) is 15.2. The summed E-state index contributed by atoms with van der Waals surface area (Å²) in [4.78, 5) is 21.7. The molecule has 0 radical (unpaired) electrons. The number of carbonyl (C=O) groups is 1. The molecule has 37 heavy (non-hydrogen) atoms. The average Bonchev–Trinajstić information content (AvgIpc) is 3.25. The van der Waals surface area contributed by atoms with Crippen LogP contribution in [0.1, 0.15) is 40.5 Å². The fourth-order valence-corrected chi connectivity index (χ4v) is 6.56. The number of urea groups is 1. The lowest BCUT2D eigenvalue weighted by atomic mass is 10.1. The van der Waals surface area contributed by atoms with Gasteiger partial charge in [0.15, 0.2) is 0 Å². The summed E-state index contributed by atoms with van der Waals surface area (Å²) in [5.74, 6) is 0. The minimum atomic E-state index is -3.92. The Labute approximate surface area is 222 Å². The summed E-state index contributed by atoms with van der Waals surface area (Å²) in [6.45, 7) is 8.38. The molecule has 2 amide bonds. The Kier molecular flexibility index (Phi) is 7.77. The van der Waals surface area contributed by atoms with Crippen LogP contribution >= 0.6 is 11.8 Å². The molecule has 0 unspecified atom stereocenters. The number of nitrogens with two attached hydrogens (primary N) is 1. The number of sulfonamides is 1. The van der Waals surface area contributed by atoms with Crippen LogP contribution in [0.5, 0.6) is 0 Å². The molecular formula is C26H32N6O3S2. The number of hydrogen-bond donors (Lipinski definition) is 1. The SMILES string of the molecule is CC/C(C)=C(/SC(=C(C)C)S(N)(=O)=O)N1CCCN(c2ccc(-c3nccc4c3cnn4C)cc2)C1=O. The second-order valence-electron chi connectivity index (χ2n) is 9.22. The third-order valence-electron chi connectivity index (χ3n) is 6.35. The van der Waals surface area contributed by atoms with Gasteiger partial charge in [-0.1, -0.05) is 30.8 Å². The summed E-state index contributed by atoms with van der Waals surface area (Å²) < 4.78 is 26.4. The molecule has 3 heterocycles. The monoisotopic (exact) mass is 540 g/mol. The number of amides is 2. The van der Waals surface area contributed by atoms with Crippen molar-refractivity contribution in [3.8, 4) is 11.3 Å². The molecule has 2 N–H and O–H groups in total. The van der Waals surface area contributed by atoms with Crippen molar-refractivity contribution in [2.75, 3.05) is 18.0 Å². The quantitative estimate of drug-likeness (QED) is 0.442. The van der Waals surface area contributed by atoms with Crippen LogP contribution < -0.4 is 10.0 Å². The second kappa shape index (κ2) is 10.7. The number of aromatic nitrogens is 3. The number of rotatable bonds is 7. The number of hydrogen-bond acceptors (Lipinski definition) is 6. The molecule has 0 aliphatic carbocycles. The first-order valence-corrected chi connectivity index (χ1v) is 14.4. The van der Waals surface area contributed by atoms with E-state index >= 15 is 0 Å². The van der Waals surface area contributed by atoms with E-state index in [9.17, 15) is 13.2 Å². The van der Waals surface area contributed by atoms with Gasteiger partial charge >= 0.3 is 6.03 Å². The molecule has 1 aromatic carbocycles. The van der Waals surface area contributed by atoms with E-state index in [0.29, 0.717) is 30.1 Å². The Hall–Kier alpha value is -3.15. The first-order chi connectivity index (χ1) is 17.5. The van der Waals surface area contributed by atoms with Crippen molar-refractivity contribution < 1.29 is 13.2 Å².